The van der Waals surface area contributed by atoms with Crippen LogP contribution < -0.4 is 5.32 Å². The van der Waals surface area contributed by atoms with Crippen LogP contribution in [0.4, 0.5) is 0 Å². The first-order chi connectivity index (χ1) is 11.4. The highest BCUT2D eigenvalue weighted by molar-refractivity contribution is 5.90. The van der Waals surface area contributed by atoms with E-state index in [1.807, 2.05) is 30.3 Å². The van der Waals surface area contributed by atoms with Gasteiger partial charge in [-0.05, 0) is 19.4 Å². The zero-order valence-corrected chi connectivity index (χ0v) is 13.8. The minimum Gasteiger partial charge on any atom is -0.388 e. The third-order valence-corrected chi connectivity index (χ3v) is 4.08. The van der Waals surface area contributed by atoms with E-state index in [-0.39, 0.29) is 5.91 Å². The van der Waals surface area contributed by atoms with E-state index in [1.54, 1.807) is 19.9 Å². The summed E-state index contributed by atoms with van der Waals surface area (Å²) in [6.07, 6.45) is 1.16. The highest BCUT2D eigenvalue weighted by Gasteiger charge is 2.47. The average molecular weight is 333 g/mol. The van der Waals surface area contributed by atoms with Crippen LogP contribution in [0.25, 0.3) is 0 Å². The van der Waals surface area contributed by atoms with Crippen molar-refractivity contribution in [3.8, 4) is 0 Å². The van der Waals surface area contributed by atoms with E-state index < -0.39 is 30.1 Å². The number of rotatable bonds is 6. The van der Waals surface area contributed by atoms with E-state index in [1.165, 1.54) is 6.08 Å². The van der Waals surface area contributed by atoms with Crippen molar-refractivity contribution in [2.75, 3.05) is 6.61 Å². The lowest BCUT2D eigenvalue weighted by atomic mass is 10.0. The van der Waals surface area contributed by atoms with Crippen molar-refractivity contribution in [3.63, 3.8) is 0 Å². The molecule has 1 aromatic carbocycles. The maximum absolute atomic E-state index is 11.3. The third-order valence-electron chi connectivity index (χ3n) is 4.08. The maximum atomic E-state index is 11.3. The normalized spacial score (nSPS) is 29.6. The molecule has 1 saturated heterocycles. The molecule has 24 heavy (non-hydrogen) atoms. The van der Waals surface area contributed by atoms with E-state index in [2.05, 4.69) is 5.32 Å². The van der Waals surface area contributed by atoms with E-state index in [0.29, 0.717) is 13.2 Å². The number of amides is 1. The number of aliphatic hydroxyl groups is 1. The smallest absolute Gasteiger partial charge is 0.244 e. The van der Waals surface area contributed by atoms with Crippen LogP contribution in [-0.2, 0) is 25.6 Å². The van der Waals surface area contributed by atoms with Crippen LogP contribution in [0.2, 0.25) is 0 Å². The third kappa shape index (κ3) is 4.02. The molecular formula is C18H23NO5. The fourth-order valence-corrected chi connectivity index (χ4v) is 3.00. The largest absolute Gasteiger partial charge is 0.388 e. The van der Waals surface area contributed by atoms with Gasteiger partial charge < -0.3 is 24.6 Å². The van der Waals surface area contributed by atoms with Crippen LogP contribution in [0, 0.1) is 0 Å². The molecule has 2 aliphatic rings. The minimum absolute atomic E-state index is 0.214. The molecule has 0 spiro atoms. The number of hydrogen-bond acceptors (Lipinski definition) is 5. The van der Waals surface area contributed by atoms with Gasteiger partial charge in [0.25, 0.3) is 0 Å². The van der Waals surface area contributed by atoms with Gasteiger partial charge in [-0.2, -0.15) is 0 Å². The second kappa shape index (κ2) is 7.03. The number of carbonyl (C=O) groups is 1. The lowest BCUT2D eigenvalue weighted by Gasteiger charge is -2.26. The molecule has 2 heterocycles. The molecule has 0 aliphatic carbocycles. The average Bonchev–Trinajstić information content (AvgIpc) is 3.11. The second-order valence-electron chi connectivity index (χ2n) is 6.52. The van der Waals surface area contributed by atoms with E-state index in [0.717, 1.165) is 5.56 Å². The molecule has 6 nitrogen and oxygen atoms in total. The molecule has 0 bridgehead atoms. The van der Waals surface area contributed by atoms with Crippen LogP contribution >= 0.6 is 0 Å². The van der Waals surface area contributed by atoms with Gasteiger partial charge in [0.1, 0.15) is 18.3 Å². The van der Waals surface area contributed by atoms with Crippen molar-refractivity contribution in [1.29, 1.82) is 0 Å². The Bertz CT molecular complexity index is 601. The van der Waals surface area contributed by atoms with Crippen molar-refractivity contribution in [2.24, 2.45) is 0 Å². The van der Waals surface area contributed by atoms with Gasteiger partial charge in [0, 0.05) is 6.08 Å². The second-order valence-corrected chi connectivity index (χ2v) is 6.52. The number of benzene rings is 1. The van der Waals surface area contributed by atoms with Crippen LogP contribution in [0.5, 0.6) is 0 Å². The topological polar surface area (TPSA) is 77.0 Å². The number of nitrogens with one attached hydrogen (secondary N) is 1. The van der Waals surface area contributed by atoms with E-state index in [4.69, 9.17) is 14.2 Å². The summed E-state index contributed by atoms with van der Waals surface area (Å²) in [5.74, 6) is -1.02. The summed E-state index contributed by atoms with van der Waals surface area (Å²) in [4.78, 5) is 11.3. The van der Waals surface area contributed by atoms with Gasteiger partial charge in [-0.3, -0.25) is 4.79 Å². The molecule has 0 radical (unpaired) electrons. The van der Waals surface area contributed by atoms with Gasteiger partial charge in [-0.15, -0.1) is 0 Å². The van der Waals surface area contributed by atoms with Crippen LogP contribution in [-0.4, -0.2) is 47.8 Å². The number of aliphatic hydroxyl groups excluding tert-OH is 1. The highest BCUT2D eigenvalue weighted by Crippen LogP contribution is 2.31. The summed E-state index contributed by atoms with van der Waals surface area (Å²) >= 11 is 0. The lowest BCUT2D eigenvalue weighted by Crippen LogP contribution is -2.49. The fraction of sp³-hybridized carbons (Fsp3) is 0.500. The molecule has 6 heteroatoms. The van der Waals surface area contributed by atoms with E-state index in [9.17, 15) is 9.90 Å². The first-order valence-electron chi connectivity index (χ1n) is 8.09. The molecule has 1 amide bonds. The standard InChI is InChI=1S/C18H23NO5/c1-18(2)23-14(11-22-10-12-6-4-3-5-7-12)17(24-18)16(21)13-8-9-15(20)19-13/h3-9,13-14,16-17,21H,10-11H2,1-2H3,(H,19,20)/t13-,14+,16+,17-/m0/s1. The molecular weight excluding hydrogens is 310 g/mol. The predicted molar refractivity (Wildman–Crippen MR) is 87.0 cm³/mol. The molecule has 0 aromatic heterocycles. The van der Waals surface area contributed by atoms with Gasteiger partial charge in [0.15, 0.2) is 5.79 Å². The van der Waals surface area contributed by atoms with Gasteiger partial charge in [0.2, 0.25) is 5.91 Å². The monoisotopic (exact) mass is 333 g/mol. The first kappa shape index (κ1) is 17.1. The number of carbonyl (C=O) groups excluding carboxylic acids is 1. The number of ether oxygens (including phenoxy) is 3. The molecule has 0 saturated carbocycles. The Hall–Kier alpha value is -1.73. The molecule has 2 aliphatic heterocycles. The van der Waals surface area contributed by atoms with Crippen LogP contribution in [0.15, 0.2) is 42.5 Å². The van der Waals surface area contributed by atoms with Crippen molar-refractivity contribution < 1.29 is 24.1 Å². The Morgan fingerprint density at radius 3 is 2.71 bits per heavy atom. The van der Waals surface area contributed by atoms with Crippen molar-refractivity contribution in [3.05, 3.63) is 48.0 Å². The van der Waals surface area contributed by atoms with Gasteiger partial charge in [0.05, 0.1) is 19.3 Å². The molecule has 0 unspecified atom stereocenters. The predicted octanol–water partition coefficient (Wildman–Crippen LogP) is 1.14. The summed E-state index contributed by atoms with van der Waals surface area (Å²) in [5, 5.41) is 13.2. The fourth-order valence-electron chi connectivity index (χ4n) is 3.00. The van der Waals surface area contributed by atoms with Crippen molar-refractivity contribution in [2.45, 2.75) is 50.6 Å². The summed E-state index contributed by atoms with van der Waals surface area (Å²) in [6, 6.07) is 9.37. The van der Waals surface area contributed by atoms with Crippen molar-refractivity contribution in [1.82, 2.24) is 5.32 Å². The first-order valence-corrected chi connectivity index (χ1v) is 8.09. The number of hydrogen-bond donors (Lipinski definition) is 2. The summed E-state index contributed by atoms with van der Waals surface area (Å²) < 4.78 is 17.4. The van der Waals surface area contributed by atoms with Gasteiger partial charge in [-0.25, -0.2) is 0 Å². The van der Waals surface area contributed by atoms with Gasteiger partial charge >= 0.3 is 0 Å². The summed E-state index contributed by atoms with van der Waals surface area (Å²) in [5.41, 5.74) is 1.07. The quantitative estimate of drug-likeness (QED) is 0.816. The van der Waals surface area contributed by atoms with Crippen LogP contribution in [0.1, 0.15) is 19.4 Å². The minimum atomic E-state index is -0.903. The summed E-state index contributed by atoms with van der Waals surface area (Å²) in [6.45, 7) is 4.36. The molecule has 130 valence electrons. The van der Waals surface area contributed by atoms with Crippen LogP contribution in [0.3, 0.4) is 0 Å². The maximum Gasteiger partial charge on any atom is 0.244 e. The Morgan fingerprint density at radius 2 is 2.04 bits per heavy atom. The molecule has 3 rings (SSSR count). The lowest BCUT2D eigenvalue weighted by molar-refractivity contribution is -0.158. The van der Waals surface area contributed by atoms with Crippen molar-refractivity contribution >= 4 is 5.91 Å². The Kier molecular flexibility index (Phi) is 5.01. The highest BCUT2D eigenvalue weighted by atomic mass is 16.8. The Morgan fingerprint density at radius 1 is 1.29 bits per heavy atom. The molecule has 4 atom stereocenters. The SMILES string of the molecule is CC1(C)O[C@H]([C@H](O)[C@@H]2C=CC(=O)N2)[C@@H](COCc2ccccc2)O1. The van der Waals surface area contributed by atoms with Gasteiger partial charge in [-0.1, -0.05) is 36.4 Å². The molecule has 2 N–H and O–H groups in total. The zero-order valence-electron chi connectivity index (χ0n) is 13.8. The van der Waals surface area contributed by atoms with E-state index >= 15 is 0 Å². The summed E-state index contributed by atoms with van der Waals surface area (Å²) in [7, 11) is 0. The Labute approximate surface area is 141 Å². The zero-order chi connectivity index (χ0) is 17.2. The molecule has 1 fully saturated rings. The Balaban J connectivity index is 1.59. The molecule has 1 aromatic rings.